The van der Waals surface area contributed by atoms with Crippen molar-refractivity contribution in [2.45, 2.75) is 95.6 Å². The zero-order valence-electron chi connectivity index (χ0n) is 22.6. The summed E-state index contributed by atoms with van der Waals surface area (Å²) < 4.78 is 23.8. The van der Waals surface area contributed by atoms with Crippen LogP contribution in [0.1, 0.15) is 78.6 Å². The first kappa shape index (κ1) is 25.5. The number of carbonyl (C=O) groups excluding carboxylic acids is 1. The van der Waals surface area contributed by atoms with E-state index in [1.165, 1.54) is 36.4 Å². The van der Waals surface area contributed by atoms with Crippen LogP contribution in [0.25, 0.3) is 11.0 Å². The molecule has 0 unspecified atom stereocenters. The number of Topliss-reactive ketones (excluding diaryl/α,β-unsaturated/α-hetero) is 1. The van der Waals surface area contributed by atoms with Gasteiger partial charge in [-0.1, -0.05) is 13.8 Å². The summed E-state index contributed by atoms with van der Waals surface area (Å²) in [6.07, 6.45) is 10.9. The number of fused-ring (bicyclic) bond motifs is 6. The topological polar surface area (TPSA) is 102 Å². The third-order valence-electron chi connectivity index (χ3n) is 11.5. The van der Waals surface area contributed by atoms with Gasteiger partial charge in [0, 0.05) is 12.2 Å². The molecule has 4 aliphatic rings. The summed E-state index contributed by atoms with van der Waals surface area (Å²) in [4.78, 5) is 15.3. The van der Waals surface area contributed by atoms with Crippen LogP contribution in [0.5, 0.6) is 0 Å². The molecular formula is C29H41N3O4S. The lowest BCUT2D eigenvalue weighted by atomic mass is 9.44. The molecule has 4 fully saturated rings. The number of nitrogens with zero attached hydrogens (tertiary/aromatic N) is 3. The number of benzene rings is 1. The Morgan fingerprint density at radius 3 is 2.46 bits per heavy atom. The molecule has 0 spiro atoms. The molecule has 0 aliphatic heterocycles. The van der Waals surface area contributed by atoms with Gasteiger partial charge in [0.1, 0.15) is 17.6 Å². The van der Waals surface area contributed by atoms with Crippen molar-refractivity contribution in [2.24, 2.45) is 40.4 Å². The number of hydrogen-bond donors (Lipinski definition) is 1. The summed E-state index contributed by atoms with van der Waals surface area (Å²) >= 11 is 0. The zero-order chi connectivity index (χ0) is 26.4. The molecule has 1 heterocycles. The number of sulfone groups is 1. The van der Waals surface area contributed by atoms with Gasteiger partial charge in [0.2, 0.25) is 0 Å². The van der Waals surface area contributed by atoms with Crippen molar-refractivity contribution in [2.75, 3.05) is 6.26 Å². The smallest absolute Gasteiger partial charge is 0.175 e. The minimum Gasteiger partial charge on any atom is -0.390 e. The molecule has 0 radical (unpaired) electrons. The molecule has 0 amide bonds. The minimum atomic E-state index is -3.33. The Balaban J connectivity index is 1.20. The molecule has 0 bridgehead atoms. The number of ketones is 1. The lowest BCUT2D eigenvalue weighted by molar-refractivity contribution is -0.151. The molecule has 2 aromatic rings. The van der Waals surface area contributed by atoms with Crippen molar-refractivity contribution in [3.8, 4) is 0 Å². The number of rotatable bonds is 4. The van der Waals surface area contributed by atoms with Crippen LogP contribution in [0.15, 0.2) is 23.1 Å². The highest BCUT2D eigenvalue weighted by atomic mass is 32.2. The molecule has 0 saturated heterocycles. The number of carbonyl (C=O) groups is 1. The summed E-state index contributed by atoms with van der Waals surface area (Å²) in [5.41, 5.74) is 0.940. The van der Waals surface area contributed by atoms with E-state index in [1.807, 2.05) is 6.92 Å². The largest absolute Gasteiger partial charge is 0.390 e. The van der Waals surface area contributed by atoms with Crippen molar-refractivity contribution >= 4 is 26.7 Å². The van der Waals surface area contributed by atoms with E-state index in [4.69, 9.17) is 0 Å². The lowest BCUT2D eigenvalue weighted by Gasteiger charge is -2.61. The van der Waals surface area contributed by atoms with Gasteiger partial charge in [0.15, 0.2) is 15.6 Å². The van der Waals surface area contributed by atoms with E-state index in [-0.39, 0.29) is 28.6 Å². The molecule has 4 saturated carbocycles. The Morgan fingerprint density at radius 2 is 1.70 bits per heavy atom. The van der Waals surface area contributed by atoms with Gasteiger partial charge in [-0.15, -0.1) is 0 Å². The van der Waals surface area contributed by atoms with Gasteiger partial charge in [-0.3, -0.25) is 4.79 Å². The molecular weight excluding hydrogens is 486 g/mol. The normalized spacial score (nSPS) is 41.7. The van der Waals surface area contributed by atoms with E-state index in [0.29, 0.717) is 40.1 Å². The Labute approximate surface area is 220 Å². The minimum absolute atomic E-state index is 0.0248. The van der Waals surface area contributed by atoms with Crippen molar-refractivity contribution in [3.63, 3.8) is 0 Å². The molecule has 202 valence electrons. The summed E-state index contributed by atoms with van der Waals surface area (Å²) in [5, 5.41) is 19.7. The van der Waals surface area contributed by atoms with Gasteiger partial charge in [-0.25, -0.2) is 8.42 Å². The first-order chi connectivity index (χ1) is 17.3. The van der Waals surface area contributed by atoms with E-state index in [1.54, 1.807) is 12.1 Å². The van der Waals surface area contributed by atoms with Gasteiger partial charge in [0.25, 0.3) is 0 Å². The second-order valence-corrected chi connectivity index (χ2v) is 15.7. The summed E-state index contributed by atoms with van der Waals surface area (Å²) in [7, 11) is -3.33. The van der Waals surface area contributed by atoms with Crippen LogP contribution in [0.2, 0.25) is 0 Å². The van der Waals surface area contributed by atoms with Crippen molar-refractivity contribution < 1.29 is 18.3 Å². The van der Waals surface area contributed by atoms with Gasteiger partial charge in [-0.05, 0) is 117 Å². The Bertz CT molecular complexity index is 1350. The molecule has 7 nitrogen and oxygen atoms in total. The highest BCUT2D eigenvalue weighted by molar-refractivity contribution is 7.90. The van der Waals surface area contributed by atoms with Crippen LogP contribution in [0.4, 0.5) is 0 Å². The van der Waals surface area contributed by atoms with E-state index in [0.717, 1.165) is 38.5 Å². The summed E-state index contributed by atoms with van der Waals surface area (Å²) in [6.45, 7) is 7.03. The van der Waals surface area contributed by atoms with E-state index >= 15 is 0 Å². The maximum absolute atomic E-state index is 13.7. The molecule has 8 heteroatoms. The Kier molecular flexibility index (Phi) is 5.75. The number of aliphatic hydroxyl groups is 1. The second kappa shape index (κ2) is 8.35. The fourth-order valence-corrected chi connectivity index (χ4v) is 10.1. The first-order valence-corrected chi connectivity index (χ1v) is 16.0. The summed E-state index contributed by atoms with van der Waals surface area (Å²) in [5.74, 6) is 2.82. The average molecular weight is 528 g/mol. The van der Waals surface area contributed by atoms with E-state index in [9.17, 15) is 18.3 Å². The summed E-state index contributed by atoms with van der Waals surface area (Å²) in [6, 6.07) is 4.74. The first-order valence-electron chi connectivity index (χ1n) is 14.1. The maximum Gasteiger partial charge on any atom is 0.175 e. The van der Waals surface area contributed by atoms with Crippen LogP contribution >= 0.6 is 0 Å². The van der Waals surface area contributed by atoms with Crippen molar-refractivity contribution in [1.82, 2.24) is 15.0 Å². The number of hydrogen-bond acceptors (Lipinski definition) is 6. The Morgan fingerprint density at radius 1 is 0.973 bits per heavy atom. The molecule has 37 heavy (non-hydrogen) atoms. The maximum atomic E-state index is 13.7. The zero-order valence-corrected chi connectivity index (χ0v) is 23.4. The lowest BCUT2D eigenvalue weighted by Crippen LogP contribution is -2.55. The molecule has 6 rings (SSSR count). The third-order valence-corrected chi connectivity index (χ3v) is 12.6. The molecule has 1 N–H and O–H groups in total. The molecule has 1 aromatic heterocycles. The van der Waals surface area contributed by atoms with Gasteiger partial charge >= 0.3 is 0 Å². The number of aromatic nitrogens is 3. The highest BCUT2D eigenvalue weighted by Crippen LogP contribution is 2.68. The highest BCUT2D eigenvalue weighted by Gasteiger charge is 2.61. The predicted molar refractivity (Wildman–Crippen MR) is 141 cm³/mol. The fraction of sp³-hybridized carbons (Fsp3) is 0.759. The van der Waals surface area contributed by atoms with Crippen LogP contribution in [-0.4, -0.2) is 46.2 Å². The third kappa shape index (κ3) is 4.08. The van der Waals surface area contributed by atoms with Gasteiger partial charge in [0.05, 0.1) is 10.5 Å². The standard InChI is InChI=1S/C29H41N3O4S/c1-27(34)13-14-28(2)18(16-27)5-7-20-21-8-9-23(29(21,3)12-11-22(20)28)26(33)17-32-30-24-10-6-19(37(4,35)36)15-25(24)31-32/h6,10,15,18,20-23,34H,5,7-9,11-14,16-17H2,1-4H3/t18-,20-,21-,22-,23+,27+,28-,29-/m0/s1. The monoisotopic (exact) mass is 527 g/mol. The molecule has 1 aromatic carbocycles. The van der Waals surface area contributed by atoms with Crippen LogP contribution in [-0.2, 0) is 21.2 Å². The van der Waals surface area contributed by atoms with Crippen molar-refractivity contribution in [3.05, 3.63) is 18.2 Å². The molecule has 4 aliphatic carbocycles. The van der Waals surface area contributed by atoms with Crippen LogP contribution in [0, 0.1) is 40.4 Å². The van der Waals surface area contributed by atoms with Gasteiger partial charge in [-0.2, -0.15) is 15.0 Å². The fourth-order valence-electron chi connectivity index (χ4n) is 9.45. The quantitative estimate of drug-likeness (QED) is 0.612. The van der Waals surface area contributed by atoms with Crippen LogP contribution in [0.3, 0.4) is 0 Å². The molecule has 8 atom stereocenters. The Hall–Kier alpha value is -1.80. The predicted octanol–water partition coefficient (Wildman–Crippen LogP) is 4.81. The van der Waals surface area contributed by atoms with E-state index in [2.05, 4.69) is 24.0 Å². The second-order valence-electron chi connectivity index (χ2n) is 13.7. The SMILES string of the molecule is C[C@@]1(O)CC[C@@]2(C)[C@@H](CC[C@@H]3[C@@H]2CC[C@]2(C)[C@@H](C(=O)Cn4nc5ccc(S(C)(=O)=O)cc5n4)CC[C@@H]32)C1. The van der Waals surface area contributed by atoms with Gasteiger partial charge < -0.3 is 5.11 Å². The van der Waals surface area contributed by atoms with Crippen molar-refractivity contribution in [1.29, 1.82) is 0 Å². The van der Waals surface area contributed by atoms with E-state index < -0.39 is 15.4 Å². The van der Waals surface area contributed by atoms with Crippen LogP contribution < -0.4 is 0 Å². The average Bonchev–Trinajstić information content (AvgIpc) is 3.38.